The number of ether oxygens (including phenoxy) is 2. The molecule has 0 unspecified atom stereocenters. The van der Waals surface area contributed by atoms with Crippen LogP contribution in [0.3, 0.4) is 0 Å². The molecule has 0 heterocycles. The monoisotopic (exact) mass is 238 g/mol. The van der Waals surface area contributed by atoms with Crippen LogP contribution in [0.1, 0.15) is 0 Å². The molecule has 6 heteroatoms. The number of hydrogen-bond donors (Lipinski definition) is 2. The van der Waals surface area contributed by atoms with E-state index in [1.807, 2.05) is 0 Å². The summed E-state index contributed by atoms with van der Waals surface area (Å²) in [5, 5.41) is 4.88. The fourth-order valence-electron chi connectivity index (χ4n) is 1.13. The Morgan fingerprint density at radius 1 is 1.29 bits per heavy atom. The van der Waals surface area contributed by atoms with Gasteiger partial charge in [-0.15, -0.1) is 0 Å². The Morgan fingerprint density at radius 2 is 2.06 bits per heavy atom. The van der Waals surface area contributed by atoms with Gasteiger partial charge in [-0.2, -0.15) is 0 Å². The van der Waals surface area contributed by atoms with Gasteiger partial charge >= 0.3 is 6.09 Å². The number of amides is 2. The molecule has 17 heavy (non-hydrogen) atoms. The molecule has 0 radical (unpaired) electrons. The first-order valence-corrected chi connectivity index (χ1v) is 4.91. The van der Waals surface area contributed by atoms with Gasteiger partial charge in [-0.1, -0.05) is 6.07 Å². The van der Waals surface area contributed by atoms with Crippen molar-refractivity contribution in [2.75, 3.05) is 26.1 Å². The molecule has 1 aromatic carbocycles. The highest BCUT2D eigenvalue weighted by molar-refractivity contribution is 5.93. The first-order chi connectivity index (χ1) is 8.15. The highest BCUT2D eigenvalue weighted by atomic mass is 16.5. The molecule has 1 rings (SSSR count). The molecule has 2 N–H and O–H groups in total. The third-order valence-electron chi connectivity index (χ3n) is 1.93. The molecule has 0 bridgehead atoms. The van der Waals surface area contributed by atoms with E-state index in [9.17, 15) is 9.59 Å². The van der Waals surface area contributed by atoms with E-state index in [4.69, 9.17) is 4.74 Å². The predicted molar refractivity (Wildman–Crippen MR) is 62.0 cm³/mol. The van der Waals surface area contributed by atoms with Crippen molar-refractivity contribution >= 4 is 17.7 Å². The van der Waals surface area contributed by atoms with E-state index in [0.717, 1.165) is 0 Å². The summed E-state index contributed by atoms with van der Waals surface area (Å²) >= 11 is 0. The lowest BCUT2D eigenvalue weighted by Gasteiger charge is -2.07. The summed E-state index contributed by atoms with van der Waals surface area (Å²) in [5.74, 6) is 0.299. The quantitative estimate of drug-likeness (QED) is 0.820. The van der Waals surface area contributed by atoms with Crippen LogP contribution in [0.15, 0.2) is 24.3 Å². The largest absolute Gasteiger partial charge is 0.497 e. The third-order valence-corrected chi connectivity index (χ3v) is 1.93. The first-order valence-electron chi connectivity index (χ1n) is 4.91. The molecule has 1 aromatic rings. The number of hydrogen-bond acceptors (Lipinski definition) is 4. The van der Waals surface area contributed by atoms with Crippen molar-refractivity contribution in [3.8, 4) is 5.75 Å². The average molecular weight is 238 g/mol. The lowest BCUT2D eigenvalue weighted by molar-refractivity contribution is -0.115. The minimum Gasteiger partial charge on any atom is -0.497 e. The topological polar surface area (TPSA) is 76.7 Å². The molecule has 2 amide bonds. The van der Waals surface area contributed by atoms with Crippen LogP contribution in [0.5, 0.6) is 5.75 Å². The first kappa shape index (κ1) is 12.8. The Kier molecular flexibility index (Phi) is 4.80. The third kappa shape index (κ3) is 4.42. The van der Waals surface area contributed by atoms with Gasteiger partial charge in [-0.05, 0) is 12.1 Å². The van der Waals surface area contributed by atoms with Crippen LogP contribution in [0.25, 0.3) is 0 Å². The smallest absolute Gasteiger partial charge is 0.407 e. The zero-order chi connectivity index (χ0) is 12.7. The molecule has 0 saturated heterocycles. The maximum Gasteiger partial charge on any atom is 0.407 e. The van der Waals surface area contributed by atoms with Gasteiger partial charge in [0, 0.05) is 11.8 Å². The summed E-state index contributed by atoms with van der Waals surface area (Å²) in [6.45, 7) is -0.149. The number of nitrogens with one attached hydrogen (secondary N) is 2. The van der Waals surface area contributed by atoms with Crippen molar-refractivity contribution < 1.29 is 19.1 Å². The van der Waals surface area contributed by atoms with E-state index in [0.29, 0.717) is 11.4 Å². The molecule has 0 aliphatic heterocycles. The number of alkyl carbamates (subject to hydrolysis) is 1. The van der Waals surface area contributed by atoms with Crippen molar-refractivity contribution in [3.63, 3.8) is 0 Å². The van der Waals surface area contributed by atoms with Crippen LogP contribution in [-0.2, 0) is 9.53 Å². The number of carbonyl (C=O) groups is 2. The Morgan fingerprint density at radius 3 is 2.71 bits per heavy atom. The minimum absolute atomic E-state index is 0.149. The molecular formula is C11H14N2O4. The van der Waals surface area contributed by atoms with Crippen molar-refractivity contribution in [2.24, 2.45) is 0 Å². The van der Waals surface area contributed by atoms with Gasteiger partial charge in [-0.3, -0.25) is 4.79 Å². The Bertz CT molecular complexity index is 406. The summed E-state index contributed by atoms with van der Waals surface area (Å²) < 4.78 is 9.35. The van der Waals surface area contributed by atoms with E-state index < -0.39 is 6.09 Å². The number of rotatable bonds is 4. The second kappa shape index (κ2) is 6.37. The molecule has 0 aromatic heterocycles. The minimum atomic E-state index is -0.647. The Labute approximate surface area is 98.9 Å². The summed E-state index contributed by atoms with van der Waals surface area (Å²) in [6, 6.07) is 6.92. The van der Waals surface area contributed by atoms with Gasteiger partial charge in [0.25, 0.3) is 0 Å². The highest BCUT2D eigenvalue weighted by Crippen LogP contribution is 2.16. The van der Waals surface area contributed by atoms with Crippen LogP contribution in [0.4, 0.5) is 10.5 Å². The maximum absolute atomic E-state index is 11.4. The lowest BCUT2D eigenvalue weighted by Crippen LogP contribution is -2.32. The van der Waals surface area contributed by atoms with E-state index >= 15 is 0 Å². The molecule has 0 spiro atoms. The normalized spacial score (nSPS) is 9.29. The second-order valence-corrected chi connectivity index (χ2v) is 3.13. The molecule has 0 aliphatic carbocycles. The van der Waals surface area contributed by atoms with Gasteiger partial charge in [0.15, 0.2) is 0 Å². The number of methoxy groups -OCH3 is 2. The summed E-state index contributed by atoms with van der Waals surface area (Å²) in [6.07, 6.45) is -0.647. The van der Waals surface area contributed by atoms with Crippen molar-refractivity contribution in [3.05, 3.63) is 24.3 Å². The second-order valence-electron chi connectivity index (χ2n) is 3.13. The molecule has 0 aliphatic rings. The van der Waals surface area contributed by atoms with Crippen LogP contribution in [0, 0.1) is 0 Å². The van der Waals surface area contributed by atoms with E-state index in [1.54, 1.807) is 31.4 Å². The molecule has 0 fully saturated rings. The van der Waals surface area contributed by atoms with Crippen LogP contribution >= 0.6 is 0 Å². The highest BCUT2D eigenvalue weighted by Gasteiger charge is 2.05. The van der Waals surface area contributed by atoms with Crippen molar-refractivity contribution in [1.29, 1.82) is 0 Å². The molecule has 0 saturated carbocycles. The van der Waals surface area contributed by atoms with Crippen LogP contribution in [-0.4, -0.2) is 32.8 Å². The van der Waals surface area contributed by atoms with Gasteiger partial charge in [0.1, 0.15) is 12.3 Å². The van der Waals surface area contributed by atoms with Gasteiger partial charge in [0.2, 0.25) is 5.91 Å². The van der Waals surface area contributed by atoms with Crippen LogP contribution in [0.2, 0.25) is 0 Å². The SMILES string of the molecule is COC(=O)NCC(=O)Nc1cccc(OC)c1. The average Bonchev–Trinajstić information content (AvgIpc) is 2.36. The van der Waals surface area contributed by atoms with Gasteiger partial charge in [0.05, 0.1) is 14.2 Å². The van der Waals surface area contributed by atoms with Crippen molar-refractivity contribution in [1.82, 2.24) is 5.32 Å². The van der Waals surface area contributed by atoms with Gasteiger partial charge < -0.3 is 20.1 Å². The Hall–Kier alpha value is -2.24. The number of anilines is 1. The molecular weight excluding hydrogens is 224 g/mol. The van der Waals surface area contributed by atoms with E-state index in [-0.39, 0.29) is 12.5 Å². The summed E-state index contributed by atoms with van der Waals surface area (Å²) in [7, 11) is 2.77. The van der Waals surface area contributed by atoms with Gasteiger partial charge in [-0.25, -0.2) is 4.79 Å². The fourth-order valence-corrected chi connectivity index (χ4v) is 1.13. The molecule has 0 atom stereocenters. The van der Waals surface area contributed by atoms with Crippen LogP contribution < -0.4 is 15.4 Å². The maximum atomic E-state index is 11.4. The number of benzene rings is 1. The fraction of sp³-hybridized carbons (Fsp3) is 0.273. The zero-order valence-corrected chi connectivity index (χ0v) is 9.65. The molecule has 92 valence electrons. The number of carbonyl (C=O) groups excluding carboxylic acids is 2. The van der Waals surface area contributed by atoms with E-state index in [1.165, 1.54) is 7.11 Å². The van der Waals surface area contributed by atoms with E-state index in [2.05, 4.69) is 15.4 Å². The predicted octanol–water partition coefficient (Wildman–Crippen LogP) is 0.990. The summed E-state index contributed by atoms with van der Waals surface area (Å²) in [5.41, 5.74) is 0.598. The standard InChI is InChI=1S/C11H14N2O4/c1-16-9-5-3-4-8(6-9)13-10(14)7-12-11(15)17-2/h3-6H,7H2,1-2H3,(H,12,15)(H,13,14). The Balaban J connectivity index is 2.47. The lowest BCUT2D eigenvalue weighted by atomic mass is 10.3. The van der Waals surface area contributed by atoms with Crippen molar-refractivity contribution in [2.45, 2.75) is 0 Å². The zero-order valence-electron chi connectivity index (χ0n) is 9.65. The molecule has 6 nitrogen and oxygen atoms in total. The summed E-state index contributed by atoms with van der Waals surface area (Å²) in [4.78, 5) is 22.1.